The van der Waals surface area contributed by atoms with Crippen molar-refractivity contribution in [2.75, 3.05) is 11.6 Å². The maximum absolute atomic E-state index is 13.5. The molecule has 10 heteroatoms. The minimum Gasteiger partial charge on any atom is -0.358 e. The molecule has 0 aliphatic heterocycles. The van der Waals surface area contributed by atoms with Crippen molar-refractivity contribution in [1.82, 2.24) is 15.0 Å². The molecule has 3 N–H and O–H groups in total. The monoisotopic (exact) mass is 586 g/mol. The van der Waals surface area contributed by atoms with E-state index in [0.717, 1.165) is 0 Å². The Morgan fingerprint density at radius 3 is 2.57 bits per heavy atom. The number of hydrogen-bond acceptors (Lipinski definition) is 5. The largest absolute Gasteiger partial charge is 0.358 e. The second kappa shape index (κ2) is 8.84. The fourth-order valence-electron chi connectivity index (χ4n) is 2.67. The van der Waals surface area contributed by atoms with E-state index in [1.54, 1.807) is 32.0 Å². The van der Waals surface area contributed by atoms with Crippen molar-refractivity contribution in [3.8, 4) is 0 Å². The van der Waals surface area contributed by atoms with Crippen molar-refractivity contribution in [3.05, 3.63) is 70.0 Å². The predicted molar refractivity (Wildman–Crippen MR) is 103 cm³/mol. The van der Waals surface area contributed by atoms with Crippen molar-refractivity contribution in [3.63, 3.8) is 0 Å². The average Bonchev–Trinajstić information content (AvgIpc) is 2.97. The maximum atomic E-state index is 13.5. The van der Waals surface area contributed by atoms with Crippen LogP contribution < -0.4 is 5.32 Å². The van der Waals surface area contributed by atoms with Gasteiger partial charge in [-0.2, -0.15) is 24.3 Å². The Balaban J connectivity index is 0.00000280. The molecular weight excluding hydrogens is 567 g/mol. The van der Waals surface area contributed by atoms with Gasteiger partial charge in [0, 0.05) is 37.8 Å². The van der Waals surface area contributed by atoms with Crippen LogP contribution in [0.5, 0.6) is 0 Å². The van der Waals surface area contributed by atoms with Gasteiger partial charge in [0.05, 0.1) is 21.5 Å². The molecule has 146 valence electrons. The molecule has 0 saturated heterocycles. The van der Waals surface area contributed by atoms with Gasteiger partial charge in [-0.25, -0.2) is 23.3 Å². The Labute approximate surface area is 187 Å². The molecule has 2 aromatic heterocycles. The van der Waals surface area contributed by atoms with Crippen LogP contribution in [0.2, 0.25) is 5.02 Å². The van der Waals surface area contributed by atoms with Crippen molar-refractivity contribution >= 4 is 27.1 Å². The zero-order chi connectivity index (χ0) is 19.8. The zero-order valence-electron chi connectivity index (χ0n) is 15.4. The first-order chi connectivity index (χ1) is 12.6. The number of benzene rings is 1. The number of halogens is 2. The SMILES string of the molecule is Cc1nc(NC(c2[c-]c(Cl)ccc2)c2nc(S(C)(=N)=O)c(C)[nH]2)ccc1F.[Hf]. The van der Waals surface area contributed by atoms with E-state index < -0.39 is 21.6 Å². The molecule has 0 aliphatic rings. The number of aromatic amines is 1. The van der Waals surface area contributed by atoms with Crippen molar-refractivity contribution < 1.29 is 34.4 Å². The average molecular weight is 585 g/mol. The van der Waals surface area contributed by atoms with Crippen molar-refractivity contribution in [2.24, 2.45) is 0 Å². The smallest absolute Gasteiger partial charge is 0.156 e. The Bertz CT molecular complexity index is 1100. The van der Waals surface area contributed by atoms with Gasteiger partial charge in [0.2, 0.25) is 0 Å². The molecule has 0 fully saturated rings. The topological polar surface area (TPSA) is 94.5 Å². The first-order valence-electron chi connectivity index (χ1n) is 8.03. The summed E-state index contributed by atoms with van der Waals surface area (Å²) in [6, 6.07) is 10.6. The summed E-state index contributed by atoms with van der Waals surface area (Å²) in [6.07, 6.45) is 1.32. The van der Waals surface area contributed by atoms with Gasteiger partial charge < -0.3 is 10.3 Å². The van der Waals surface area contributed by atoms with Crippen LogP contribution in [0.3, 0.4) is 0 Å². The third kappa shape index (κ3) is 5.07. The Morgan fingerprint density at radius 1 is 1.29 bits per heavy atom. The predicted octanol–water partition coefficient (Wildman–Crippen LogP) is 4.25. The first-order valence-corrected chi connectivity index (χ1v) is 10.4. The van der Waals surface area contributed by atoms with E-state index in [0.29, 0.717) is 27.9 Å². The number of rotatable bonds is 5. The van der Waals surface area contributed by atoms with Crippen LogP contribution >= 0.6 is 11.6 Å². The van der Waals surface area contributed by atoms with Gasteiger partial charge >= 0.3 is 0 Å². The van der Waals surface area contributed by atoms with E-state index in [4.69, 9.17) is 16.4 Å². The molecule has 0 bridgehead atoms. The van der Waals surface area contributed by atoms with Crippen LogP contribution in [0, 0.1) is 30.5 Å². The third-order valence-electron chi connectivity index (χ3n) is 3.91. The summed E-state index contributed by atoms with van der Waals surface area (Å²) in [7, 11) is -2.99. The van der Waals surface area contributed by atoms with Crippen LogP contribution in [0.25, 0.3) is 0 Å². The van der Waals surface area contributed by atoms with Gasteiger partial charge in [-0.15, -0.1) is 17.2 Å². The number of hydrogen-bond donors (Lipinski definition) is 3. The van der Waals surface area contributed by atoms with Crippen LogP contribution in [-0.2, 0) is 35.6 Å². The molecule has 28 heavy (non-hydrogen) atoms. The van der Waals surface area contributed by atoms with Gasteiger partial charge in [0.25, 0.3) is 0 Å². The molecule has 6 nitrogen and oxygen atoms in total. The minimum absolute atomic E-state index is 0. The summed E-state index contributed by atoms with van der Waals surface area (Å²) in [6.45, 7) is 3.28. The molecule has 0 amide bonds. The third-order valence-corrected chi connectivity index (χ3v) is 5.26. The second-order valence-electron chi connectivity index (χ2n) is 6.19. The number of pyridine rings is 1. The van der Waals surface area contributed by atoms with Gasteiger partial charge in [-0.05, 0) is 26.0 Å². The second-order valence-corrected chi connectivity index (χ2v) is 8.67. The minimum atomic E-state index is -2.99. The van der Waals surface area contributed by atoms with E-state index in [1.807, 2.05) is 0 Å². The maximum Gasteiger partial charge on any atom is 0.156 e. The number of nitrogens with zero attached hydrogens (tertiary/aromatic N) is 2. The molecule has 2 heterocycles. The van der Waals surface area contributed by atoms with Gasteiger partial charge in [-0.1, -0.05) is 5.02 Å². The standard InChI is InChI=1S/C18H18ClFN5OS.Hf/c1-10-14(20)7-8-15(22-10)24-16(12-5-4-6-13(19)9-12)17-23-11(2)18(25-17)27(3,21)26;/h4-8,16,21H,1-3H3,(H,22,24)(H,23,25);/q-1;. The molecule has 1 aromatic carbocycles. The Hall–Kier alpha value is -1.58. The Morgan fingerprint density at radius 2 is 2.00 bits per heavy atom. The summed E-state index contributed by atoms with van der Waals surface area (Å²) >= 11 is 6.08. The summed E-state index contributed by atoms with van der Waals surface area (Å²) in [4.78, 5) is 11.7. The molecule has 0 spiro atoms. The van der Waals surface area contributed by atoms with E-state index in [2.05, 4.69) is 26.3 Å². The first kappa shape index (κ1) is 22.7. The van der Waals surface area contributed by atoms with Gasteiger partial charge in [0.1, 0.15) is 17.5 Å². The van der Waals surface area contributed by atoms with Gasteiger partial charge in [0.15, 0.2) is 5.03 Å². The zero-order valence-corrected chi connectivity index (χ0v) is 20.6. The summed E-state index contributed by atoms with van der Waals surface area (Å²) in [5.74, 6) is 0.472. The molecule has 0 radical (unpaired) electrons. The number of H-pyrrole nitrogens is 1. The van der Waals surface area contributed by atoms with E-state index >= 15 is 0 Å². The van der Waals surface area contributed by atoms with Crippen LogP contribution in [0.4, 0.5) is 10.2 Å². The molecular formula is C18H18ClFHfN5OS-. The number of anilines is 1. The van der Waals surface area contributed by atoms with Crippen LogP contribution in [-0.4, -0.2) is 25.4 Å². The quantitative estimate of drug-likeness (QED) is 0.309. The van der Waals surface area contributed by atoms with Crippen molar-refractivity contribution in [1.29, 1.82) is 4.78 Å². The van der Waals surface area contributed by atoms with E-state index in [1.165, 1.54) is 18.4 Å². The fourth-order valence-corrected chi connectivity index (χ4v) is 3.76. The summed E-state index contributed by atoms with van der Waals surface area (Å²) in [5, 5.41) is 3.79. The summed E-state index contributed by atoms with van der Waals surface area (Å²) in [5.41, 5.74) is 1.47. The van der Waals surface area contributed by atoms with E-state index in [-0.39, 0.29) is 36.6 Å². The Kier molecular flexibility index (Phi) is 7.17. The normalized spacial score (nSPS) is 14.0. The molecule has 0 aliphatic carbocycles. The number of aryl methyl sites for hydroxylation is 2. The van der Waals surface area contributed by atoms with Gasteiger partial charge in [-0.3, -0.25) is 0 Å². The number of nitrogens with one attached hydrogen (secondary N) is 3. The molecule has 2 atom stereocenters. The van der Waals surface area contributed by atoms with Crippen molar-refractivity contribution in [2.45, 2.75) is 24.9 Å². The van der Waals surface area contributed by atoms with E-state index in [9.17, 15) is 8.60 Å². The van der Waals surface area contributed by atoms with Crippen LogP contribution in [0.1, 0.15) is 28.8 Å². The number of imidazole rings is 1. The molecule has 0 saturated carbocycles. The summed E-state index contributed by atoms with van der Waals surface area (Å²) < 4.78 is 33.5. The molecule has 3 aromatic rings. The molecule has 2 unspecified atom stereocenters. The molecule has 3 rings (SSSR count). The van der Waals surface area contributed by atoms with Crippen LogP contribution in [0.15, 0.2) is 35.4 Å². The fraction of sp³-hybridized carbons (Fsp3) is 0.222. The number of aromatic nitrogens is 3.